The normalized spacial score (nSPS) is 26.8. The Bertz CT molecular complexity index is 202. The van der Waals surface area contributed by atoms with Gasteiger partial charge in [-0.25, -0.2) is 0 Å². The van der Waals surface area contributed by atoms with E-state index < -0.39 is 0 Å². The predicted octanol–water partition coefficient (Wildman–Crippen LogP) is 5.01. The highest BCUT2D eigenvalue weighted by Crippen LogP contribution is 2.30. The summed E-state index contributed by atoms with van der Waals surface area (Å²) >= 11 is 0. The van der Waals surface area contributed by atoms with Crippen molar-refractivity contribution in [2.45, 2.75) is 91.6 Å². The van der Waals surface area contributed by atoms with Crippen molar-refractivity contribution in [2.24, 2.45) is 17.8 Å². The van der Waals surface area contributed by atoms with Crippen molar-refractivity contribution in [3.8, 4) is 0 Å². The molecule has 1 heteroatoms. The van der Waals surface area contributed by atoms with Crippen molar-refractivity contribution in [1.82, 2.24) is 5.32 Å². The second-order valence-electron chi connectivity index (χ2n) is 7.25. The first-order chi connectivity index (χ1) is 8.49. The lowest BCUT2D eigenvalue weighted by Gasteiger charge is -2.33. The monoisotopic (exact) mass is 253 g/mol. The summed E-state index contributed by atoms with van der Waals surface area (Å²) in [5, 5.41) is 3.85. The zero-order valence-corrected chi connectivity index (χ0v) is 13.3. The third kappa shape index (κ3) is 6.22. The smallest absolute Gasteiger partial charge is 0.00697 e. The zero-order valence-electron chi connectivity index (χ0n) is 13.3. The van der Waals surface area contributed by atoms with Crippen molar-refractivity contribution >= 4 is 0 Å². The molecule has 0 spiro atoms. The fourth-order valence-corrected chi connectivity index (χ4v) is 3.27. The second kappa shape index (κ2) is 8.19. The molecule has 1 N–H and O–H groups in total. The van der Waals surface area contributed by atoms with Crippen LogP contribution in [0, 0.1) is 17.8 Å². The summed E-state index contributed by atoms with van der Waals surface area (Å²) < 4.78 is 0. The lowest BCUT2D eigenvalue weighted by atomic mass is 9.79. The molecule has 0 saturated heterocycles. The molecule has 1 aliphatic rings. The van der Waals surface area contributed by atoms with Crippen LogP contribution >= 0.6 is 0 Å². The van der Waals surface area contributed by atoms with Gasteiger partial charge in [0.1, 0.15) is 0 Å². The first-order valence-corrected chi connectivity index (χ1v) is 8.25. The molecule has 1 rings (SSSR count). The van der Waals surface area contributed by atoms with Gasteiger partial charge in [-0.05, 0) is 56.8 Å². The molecule has 0 bridgehead atoms. The van der Waals surface area contributed by atoms with Crippen LogP contribution in [0.3, 0.4) is 0 Å². The van der Waals surface area contributed by atoms with Gasteiger partial charge in [-0.15, -0.1) is 0 Å². The zero-order chi connectivity index (χ0) is 13.5. The van der Waals surface area contributed by atoms with Crippen LogP contribution in [0.5, 0.6) is 0 Å². The van der Waals surface area contributed by atoms with E-state index in [2.05, 4.69) is 39.9 Å². The molecule has 1 aliphatic carbocycles. The van der Waals surface area contributed by atoms with Crippen LogP contribution in [0.2, 0.25) is 0 Å². The highest BCUT2D eigenvalue weighted by molar-refractivity contribution is 4.80. The van der Waals surface area contributed by atoms with E-state index in [1.807, 2.05) is 0 Å². The maximum absolute atomic E-state index is 3.85. The first kappa shape index (κ1) is 16.0. The number of rotatable bonds is 7. The van der Waals surface area contributed by atoms with Gasteiger partial charge >= 0.3 is 0 Å². The predicted molar refractivity (Wildman–Crippen MR) is 81.9 cm³/mol. The molecule has 1 nitrogen and oxygen atoms in total. The number of hydrogen-bond donors (Lipinski definition) is 1. The molecule has 0 aromatic carbocycles. The Hall–Kier alpha value is -0.0400. The van der Waals surface area contributed by atoms with Gasteiger partial charge in [-0.1, -0.05) is 40.5 Å². The Balaban J connectivity index is 2.12. The summed E-state index contributed by atoms with van der Waals surface area (Å²) in [5.41, 5.74) is 0. The molecule has 1 atom stereocenters. The molecule has 0 radical (unpaired) electrons. The Labute approximate surface area is 115 Å². The molecular formula is C17H35N. The topological polar surface area (TPSA) is 12.0 Å². The van der Waals surface area contributed by atoms with E-state index in [-0.39, 0.29) is 0 Å². The number of hydrogen-bond acceptors (Lipinski definition) is 1. The van der Waals surface area contributed by atoms with E-state index in [4.69, 9.17) is 0 Å². The maximum atomic E-state index is 3.85. The Morgan fingerprint density at radius 1 is 0.889 bits per heavy atom. The standard InChI is InChI=1S/C17H35N/c1-13(2)7-6-8-15(5)18-17-11-9-16(10-12-17)14(3)4/h13-18H,6-12H2,1-5H3. The summed E-state index contributed by atoms with van der Waals surface area (Å²) in [6.45, 7) is 11.8. The Morgan fingerprint density at radius 3 is 2.00 bits per heavy atom. The average Bonchev–Trinajstić information content (AvgIpc) is 2.29. The van der Waals surface area contributed by atoms with Crippen molar-refractivity contribution < 1.29 is 0 Å². The molecule has 108 valence electrons. The summed E-state index contributed by atoms with van der Waals surface area (Å²) in [4.78, 5) is 0. The van der Waals surface area contributed by atoms with Crippen LogP contribution in [0.15, 0.2) is 0 Å². The summed E-state index contributed by atoms with van der Waals surface area (Å²) in [7, 11) is 0. The first-order valence-electron chi connectivity index (χ1n) is 8.25. The minimum atomic E-state index is 0.712. The van der Waals surface area contributed by atoms with E-state index >= 15 is 0 Å². The molecule has 1 fully saturated rings. The van der Waals surface area contributed by atoms with Gasteiger partial charge < -0.3 is 5.32 Å². The maximum Gasteiger partial charge on any atom is 0.00697 e. The second-order valence-corrected chi connectivity index (χ2v) is 7.25. The number of nitrogens with one attached hydrogen (secondary N) is 1. The minimum Gasteiger partial charge on any atom is -0.312 e. The Morgan fingerprint density at radius 2 is 1.50 bits per heavy atom. The van der Waals surface area contributed by atoms with E-state index in [9.17, 15) is 0 Å². The molecule has 18 heavy (non-hydrogen) atoms. The summed E-state index contributed by atoms with van der Waals surface area (Å²) in [6, 6.07) is 1.51. The van der Waals surface area contributed by atoms with Gasteiger partial charge in [0.05, 0.1) is 0 Å². The SMILES string of the molecule is CC(C)CCCC(C)NC1CCC(C(C)C)CC1. The van der Waals surface area contributed by atoms with E-state index in [1.54, 1.807) is 0 Å². The van der Waals surface area contributed by atoms with Crippen molar-refractivity contribution in [1.29, 1.82) is 0 Å². The molecule has 0 heterocycles. The fraction of sp³-hybridized carbons (Fsp3) is 1.00. The largest absolute Gasteiger partial charge is 0.312 e. The lowest BCUT2D eigenvalue weighted by Crippen LogP contribution is -2.39. The van der Waals surface area contributed by atoms with E-state index in [0.29, 0.717) is 6.04 Å². The highest BCUT2D eigenvalue weighted by Gasteiger charge is 2.23. The van der Waals surface area contributed by atoms with Crippen LogP contribution in [0.1, 0.15) is 79.6 Å². The van der Waals surface area contributed by atoms with E-state index in [0.717, 1.165) is 23.8 Å². The van der Waals surface area contributed by atoms with Gasteiger partial charge in [0.25, 0.3) is 0 Å². The van der Waals surface area contributed by atoms with E-state index in [1.165, 1.54) is 44.9 Å². The minimum absolute atomic E-state index is 0.712. The quantitative estimate of drug-likeness (QED) is 0.673. The molecule has 1 saturated carbocycles. The van der Waals surface area contributed by atoms with Gasteiger partial charge in [0, 0.05) is 12.1 Å². The highest BCUT2D eigenvalue weighted by atomic mass is 14.9. The van der Waals surface area contributed by atoms with Crippen molar-refractivity contribution in [2.75, 3.05) is 0 Å². The van der Waals surface area contributed by atoms with Crippen LogP contribution in [0.4, 0.5) is 0 Å². The van der Waals surface area contributed by atoms with Crippen LogP contribution in [0.25, 0.3) is 0 Å². The summed E-state index contributed by atoms with van der Waals surface area (Å²) in [5.74, 6) is 2.73. The molecule has 0 amide bonds. The van der Waals surface area contributed by atoms with Crippen LogP contribution in [-0.4, -0.2) is 12.1 Å². The Kier molecular flexibility index (Phi) is 7.29. The molecule has 0 aromatic heterocycles. The molecule has 0 aromatic rings. The van der Waals surface area contributed by atoms with Gasteiger partial charge in [-0.3, -0.25) is 0 Å². The van der Waals surface area contributed by atoms with Gasteiger partial charge in [-0.2, -0.15) is 0 Å². The molecule has 1 unspecified atom stereocenters. The van der Waals surface area contributed by atoms with Crippen LogP contribution < -0.4 is 5.32 Å². The van der Waals surface area contributed by atoms with Gasteiger partial charge in [0.15, 0.2) is 0 Å². The average molecular weight is 253 g/mol. The fourth-order valence-electron chi connectivity index (χ4n) is 3.27. The third-order valence-electron chi connectivity index (χ3n) is 4.65. The third-order valence-corrected chi connectivity index (χ3v) is 4.65. The van der Waals surface area contributed by atoms with Crippen molar-refractivity contribution in [3.63, 3.8) is 0 Å². The van der Waals surface area contributed by atoms with Gasteiger partial charge in [0.2, 0.25) is 0 Å². The molecule has 0 aliphatic heterocycles. The van der Waals surface area contributed by atoms with Crippen molar-refractivity contribution in [3.05, 3.63) is 0 Å². The van der Waals surface area contributed by atoms with Crippen LogP contribution in [-0.2, 0) is 0 Å². The lowest BCUT2D eigenvalue weighted by molar-refractivity contribution is 0.228. The molecular weight excluding hydrogens is 218 g/mol. The summed E-state index contributed by atoms with van der Waals surface area (Å²) in [6.07, 6.45) is 9.79.